The largest absolute Gasteiger partial charge is 0.376 e. The number of hydrogen-bond donors (Lipinski definition) is 1. The smallest absolute Gasteiger partial charge is 0.220 e. The van der Waals surface area contributed by atoms with E-state index in [9.17, 15) is 4.79 Å². The monoisotopic (exact) mass is 387 g/mol. The first kappa shape index (κ1) is 18.8. The van der Waals surface area contributed by atoms with E-state index >= 15 is 0 Å². The number of nitrogens with zero attached hydrogens (tertiary/aromatic N) is 2. The normalized spacial score (nSPS) is 21.7. The summed E-state index contributed by atoms with van der Waals surface area (Å²) in [5, 5.41) is 4.25. The number of likely N-dealkylation sites (tertiary alicyclic amines) is 1. The third-order valence-corrected chi connectivity index (χ3v) is 6.76. The molecular formula is C21H29N3O2S. The first-order valence-corrected chi connectivity index (χ1v) is 11.0. The lowest BCUT2D eigenvalue weighted by Gasteiger charge is -2.31. The van der Waals surface area contributed by atoms with Crippen molar-refractivity contribution in [2.75, 3.05) is 26.2 Å². The number of aromatic nitrogens is 1. The zero-order valence-corrected chi connectivity index (χ0v) is 16.7. The Hall–Kier alpha value is -1.50. The van der Waals surface area contributed by atoms with Gasteiger partial charge in [0.05, 0.1) is 22.9 Å². The lowest BCUT2D eigenvalue weighted by atomic mass is 9.92. The van der Waals surface area contributed by atoms with Crippen LogP contribution in [0.3, 0.4) is 0 Å². The van der Waals surface area contributed by atoms with Crippen molar-refractivity contribution in [2.45, 2.75) is 51.2 Å². The van der Waals surface area contributed by atoms with E-state index < -0.39 is 0 Å². The highest BCUT2D eigenvalue weighted by atomic mass is 32.1. The van der Waals surface area contributed by atoms with Crippen molar-refractivity contribution < 1.29 is 9.53 Å². The van der Waals surface area contributed by atoms with E-state index in [0.29, 0.717) is 18.9 Å². The van der Waals surface area contributed by atoms with Gasteiger partial charge in [-0.05, 0) is 63.2 Å². The molecule has 146 valence electrons. The van der Waals surface area contributed by atoms with Crippen LogP contribution in [0.15, 0.2) is 24.3 Å². The molecule has 2 aliphatic heterocycles. The quantitative estimate of drug-likeness (QED) is 0.789. The molecule has 1 aromatic carbocycles. The van der Waals surface area contributed by atoms with Crippen molar-refractivity contribution in [3.63, 3.8) is 0 Å². The summed E-state index contributed by atoms with van der Waals surface area (Å²) in [6, 6.07) is 8.36. The molecule has 1 aromatic heterocycles. The number of hydrogen-bond acceptors (Lipinski definition) is 5. The molecule has 2 aromatic rings. The molecule has 0 spiro atoms. The predicted octanol–water partition coefficient (Wildman–Crippen LogP) is 3.58. The molecular weight excluding hydrogens is 358 g/mol. The van der Waals surface area contributed by atoms with Crippen LogP contribution < -0.4 is 5.32 Å². The minimum absolute atomic E-state index is 0.183. The SMILES string of the molecule is O=C(CCC1CCN(Cc2nc3ccccc3s2)CC1)NC[C@H]1CCCO1. The third-order valence-electron chi connectivity index (χ3n) is 5.73. The summed E-state index contributed by atoms with van der Waals surface area (Å²) in [6.07, 6.45) is 6.46. The Morgan fingerprint density at radius 2 is 2.11 bits per heavy atom. The maximum atomic E-state index is 12.0. The molecule has 0 saturated carbocycles. The molecule has 0 aliphatic carbocycles. The summed E-state index contributed by atoms with van der Waals surface area (Å²) < 4.78 is 6.83. The van der Waals surface area contributed by atoms with Crippen LogP contribution in [0.4, 0.5) is 0 Å². The van der Waals surface area contributed by atoms with Crippen LogP contribution in [0.25, 0.3) is 10.2 Å². The van der Waals surface area contributed by atoms with Gasteiger partial charge < -0.3 is 10.1 Å². The van der Waals surface area contributed by atoms with E-state index in [4.69, 9.17) is 9.72 Å². The molecule has 4 rings (SSSR count). The van der Waals surface area contributed by atoms with Crippen LogP contribution in [-0.2, 0) is 16.1 Å². The Kier molecular flexibility index (Phi) is 6.37. The van der Waals surface area contributed by atoms with Gasteiger partial charge in [0.15, 0.2) is 0 Å². The van der Waals surface area contributed by atoms with Crippen molar-refractivity contribution in [3.8, 4) is 0 Å². The van der Waals surface area contributed by atoms with Gasteiger partial charge in [-0.15, -0.1) is 11.3 Å². The Labute approximate surface area is 165 Å². The molecule has 2 fully saturated rings. The summed E-state index contributed by atoms with van der Waals surface area (Å²) in [7, 11) is 0. The second-order valence-corrected chi connectivity index (χ2v) is 8.89. The standard InChI is InChI=1S/C21H29N3O2S/c25-20(22-14-17-4-3-13-26-17)8-7-16-9-11-24(12-10-16)15-21-23-18-5-1-2-6-19(18)27-21/h1-2,5-6,16-17H,3-4,7-15H2,(H,22,25)/t17-/m1/s1. The average molecular weight is 388 g/mol. The number of benzene rings is 1. The van der Waals surface area contributed by atoms with Gasteiger partial charge in [-0.2, -0.15) is 0 Å². The fraction of sp³-hybridized carbons (Fsp3) is 0.619. The molecule has 27 heavy (non-hydrogen) atoms. The van der Waals surface area contributed by atoms with Gasteiger partial charge >= 0.3 is 0 Å². The van der Waals surface area contributed by atoms with E-state index in [-0.39, 0.29) is 12.0 Å². The van der Waals surface area contributed by atoms with Gasteiger partial charge in [0.25, 0.3) is 0 Å². The topological polar surface area (TPSA) is 54.5 Å². The minimum Gasteiger partial charge on any atom is -0.376 e. The summed E-state index contributed by atoms with van der Waals surface area (Å²) >= 11 is 1.81. The number of carbonyl (C=O) groups is 1. The van der Waals surface area contributed by atoms with Crippen LogP contribution in [-0.4, -0.2) is 48.1 Å². The molecule has 1 N–H and O–H groups in total. The number of ether oxygens (including phenoxy) is 1. The molecule has 0 bridgehead atoms. The molecule has 3 heterocycles. The third kappa shape index (κ3) is 5.27. The maximum Gasteiger partial charge on any atom is 0.220 e. The summed E-state index contributed by atoms with van der Waals surface area (Å²) in [5.74, 6) is 0.854. The van der Waals surface area contributed by atoms with Crippen LogP contribution in [0.5, 0.6) is 0 Å². The predicted molar refractivity (Wildman–Crippen MR) is 109 cm³/mol. The molecule has 0 unspecified atom stereocenters. The highest BCUT2D eigenvalue weighted by Gasteiger charge is 2.21. The van der Waals surface area contributed by atoms with Gasteiger partial charge in [0, 0.05) is 19.6 Å². The molecule has 1 atom stereocenters. The van der Waals surface area contributed by atoms with E-state index in [0.717, 1.165) is 51.0 Å². The summed E-state index contributed by atoms with van der Waals surface area (Å²) in [4.78, 5) is 19.3. The minimum atomic E-state index is 0.183. The molecule has 0 radical (unpaired) electrons. The lowest BCUT2D eigenvalue weighted by molar-refractivity contribution is -0.122. The second-order valence-electron chi connectivity index (χ2n) is 7.77. The van der Waals surface area contributed by atoms with Gasteiger partial charge in [-0.25, -0.2) is 4.98 Å². The number of piperidine rings is 1. The Bertz CT molecular complexity index is 716. The zero-order chi connectivity index (χ0) is 18.5. The highest BCUT2D eigenvalue weighted by molar-refractivity contribution is 7.18. The van der Waals surface area contributed by atoms with Gasteiger partial charge in [0.1, 0.15) is 5.01 Å². The number of para-hydroxylation sites is 1. The average Bonchev–Trinajstić information content (AvgIpc) is 3.35. The van der Waals surface area contributed by atoms with Gasteiger partial charge in [-0.1, -0.05) is 12.1 Å². The number of carbonyl (C=O) groups excluding carboxylic acids is 1. The van der Waals surface area contributed by atoms with Gasteiger partial charge in [0.2, 0.25) is 5.91 Å². The van der Waals surface area contributed by atoms with Crippen LogP contribution in [0.1, 0.15) is 43.5 Å². The Morgan fingerprint density at radius 3 is 2.89 bits per heavy atom. The van der Waals surface area contributed by atoms with E-state index in [2.05, 4.69) is 28.4 Å². The molecule has 2 aliphatic rings. The van der Waals surface area contributed by atoms with Crippen molar-refractivity contribution >= 4 is 27.5 Å². The van der Waals surface area contributed by atoms with Crippen molar-refractivity contribution in [1.82, 2.24) is 15.2 Å². The zero-order valence-electron chi connectivity index (χ0n) is 15.9. The summed E-state index contributed by atoms with van der Waals surface area (Å²) in [6.45, 7) is 4.69. The molecule has 6 heteroatoms. The fourth-order valence-electron chi connectivity index (χ4n) is 4.07. The fourth-order valence-corrected chi connectivity index (χ4v) is 5.08. The lowest BCUT2D eigenvalue weighted by Crippen LogP contribution is -2.34. The van der Waals surface area contributed by atoms with Crippen molar-refractivity contribution in [2.24, 2.45) is 5.92 Å². The van der Waals surface area contributed by atoms with E-state index in [1.807, 2.05) is 6.07 Å². The first-order chi connectivity index (χ1) is 13.3. The second kappa shape index (κ2) is 9.13. The Balaban J connectivity index is 1.15. The van der Waals surface area contributed by atoms with Crippen molar-refractivity contribution in [3.05, 3.63) is 29.3 Å². The first-order valence-electron chi connectivity index (χ1n) is 10.2. The number of fused-ring (bicyclic) bond motifs is 1. The van der Waals surface area contributed by atoms with Crippen molar-refractivity contribution in [1.29, 1.82) is 0 Å². The molecule has 1 amide bonds. The summed E-state index contributed by atoms with van der Waals surface area (Å²) in [5.41, 5.74) is 1.11. The number of nitrogens with one attached hydrogen (secondary N) is 1. The Morgan fingerprint density at radius 1 is 1.26 bits per heavy atom. The molecule has 2 saturated heterocycles. The highest BCUT2D eigenvalue weighted by Crippen LogP contribution is 2.26. The maximum absolute atomic E-state index is 12.0. The van der Waals surface area contributed by atoms with Crippen LogP contribution in [0.2, 0.25) is 0 Å². The van der Waals surface area contributed by atoms with Crippen LogP contribution in [0, 0.1) is 5.92 Å². The number of thiazole rings is 1. The van der Waals surface area contributed by atoms with E-state index in [1.54, 1.807) is 11.3 Å². The number of amides is 1. The van der Waals surface area contributed by atoms with Crippen LogP contribution >= 0.6 is 11.3 Å². The number of rotatable bonds is 7. The molecule has 5 nitrogen and oxygen atoms in total. The van der Waals surface area contributed by atoms with Gasteiger partial charge in [-0.3, -0.25) is 9.69 Å². The van der Waals surface area contributed by atoms with E-state index in [1.165, 1.54) is 22.5 Å².